The number of halogens is 3. The maximum Gasteiger partial charge on any atom is 0.317 e. The lowest BCUT2D eigenvalue weighted by Gasteiger charge is -2.39. The lowest BCUT2D eigenvalue weighted by atomic mass is 10.0. The zero-order valence-corrected chi connectivity index (χ0v) is 16.3. The van der Waals surface area contributed by atoms with Crippen molar-refractivity contribution >= 4 is 30.0 Å². The van der Waals surface area contributed by atoms with E-state index in [2.05, 4.69) is 5.32 Å². The molecule has 0 saturated carbocycles. The number of carboxylic acids is 1. The van der Waals surface area contributed by atoms with Crippen molar-refractivity contribution in [2.75, 3.05) is 31.5 Å². The number of carbonyl (C=O) groups is 2. The second-order valence-corrected chi connectivity index (χ2v) is 6.51. The number of benzene rings is 1. The van der Waals surface area contributed by atoms with Crippen molar-refractivity contribution in [2.24, 2.45) is 0 Å². The molecule has 0 radical (unpaired) electrons. The van der Waals surface area contributed by atoms with Gasteiger partial charge < -0.3 is 10.4 Å². The fourth-order valence-electron chi connectivity index (χ4n) is 3.30. The van der Waals surface area contributed by atoms with Crippen LogP contribution in [0.3, 0.4) is 0 Å². The number of likely N-dealkylation sites (tertiary alicyclic amines) is 1. The van der Waals surface area contributed by atoms with E-state index in [1.807, 2.05) is 16.7 Å². The fraction of sp³-hybridized carbons (Fsp3) is 0.556. The van der Waals surface area contributed by atoms with Gasteiger partial charge >= 0.3 is 5.97 Å². The molecule has 2 N–H and O–H groups in total. The first-order valence-corrected chi connectivity index (χ1v) is 8.77. The minimum absolute atomic E-state index is 0. The summed E-state index contributed by atoms with van der Waals surface area (Å²) in [5, 5.41) is 11.5. The van der Waals surface area contributed by atoms with Gasteiger partial charge in [-0.15, -0.1) is 12.4 Å². The number of nitrogens with one attached hydrogen (secondary N) is 1. The lowest BCUT2D eigenvalue weighted by molar-refractivity contribution is -0.139. The van der Waals surface area contributed by atoms with Gasteiger partial charge in [-0.3, -0.25) is 19.4 Å². The van der Waals surface area contributed by atoms with Crippen LogP contribution in [0.15, 0.2) is 18.2 Å². The molecule has 2 rings (SSSR count). The Balaban J connectivity index is 0.00000364. The monoisotopic (exact) mass is 405 g/mol. The minimum atomic E-state index is -0.844. The molecule has 1 aliphatic rings. The van der Waals surface area contributed by atoms with Crippen molar-refractivity contribution in [1.29, 1.82) is 0 Å². The zero-order chi connectivity index (χ0) is 19.3. The second kappa shape index (κ2) is 10.5. The third-order valence-corrected chi connectivity index (χ3v) is 4.88. The molecule has 0 bridgehead atoms. The number of anilines is 1. The van der Waals surface area contributed by atoms with E-state index in [1.165, 1.54) is 6.07 Å². The average Bonchev–Trinajstić information content (AvgIpc) is 2.61. The summed E-state index contributed by atoms with van der Waals surface area (Å²) >= 11 is 0. The quantitative estimate of drug-likeness (QED) is 0.729. The predicted molar refractivity (Wildman–Crippen MR) is 101 cm³/mol. The summed E-state index contributed by atoms with van der Waals surface area (Å²) in [6.45, 7) is 5.66. The number of aliphatic carboxylic acids is 1. The van der Waals surface area contributed by atoms with Gasteiger partial charge in [0.2, 0.25) is 5.91 Å². The van der Waals surface area contributed by atoms with Gasteiger partial charge in [-0.1, -0.05) is 6.92 Å². The molecule has 1 fully saturated rings. The third kappa shape index (κ3) is 6.41. The summed E-state index contributed by atoms with van der Waals surface area (Å²) in [4.78, 5) is 27.2. The number of nitrogens with zero attached hydrogens (tertiary/aromatic N) is 2. The molecule has 1 unspecified atom stereocenters. The lowest BCUT2D eigenvalue weighted by Crippen LogP contribution is -2.51. The van der Waals surface area contributed by atoms with Gasteiger partial charge in [0.15, 0.2) is 0 Å². The van der Waals surface area contributed by atoms with Crippen LogP contribution in [0.1, 0.15) is 26.7 Å². The van der Waals surface area contributed by atoms with Crippen LogP contribution in [0.25, 0.3) is 0 Å². The molecule has 1 saturated heterocycles. The topological polar surface area (TPSA) is 72.9 Å². The first-order valence-electron chi connectivity index (χ1n) is 8.77. The van der Waals surface area contributed by atoms with Crippen LogP contribution in [0, 0.1) is 11.6 Å². The van der Waals surface area contributed by atoms with E-state index in [1.54, 1.807) is 6.92 Å². The highest BCUT2D eigenvalue weighted by Crippen LogP contribution is 2.20. The Morgan fingerprint density at radius 2 is 1.96 bits per heavy atom. The van der Waals surface area contributed by atoms with Gasteiger partial charge in [-0.05, 0) is 38.4 Å². The highest BCUT2D eigenvalue weighted by Gasteiger charge is 2.29. The Kier molecular flexibility index (Phi) is 9.08. The summed E-state index contributed by atoms with van der Waals surface area (Å²) in [6.07, 6.45) is 1.54. The number of hydrogen-bond donors (Lipinski definition) is 2. The van der Waals surface area contributed by atoms with Crippen molar-refractivity contribution in [2.45, 2.75) is 38.8 Å². The molecular formula is C18H26ClF2N3O3. The van der Waals surface area contributed by atoms with E-state index in [0.717, 1.165) is 25.0 Å². The molecule has 1 aromatic rings. The number of likely N-dealkylation sites (N-methyl/N-ethyl adjacent to an activating group) is 1. The molecule has 6 nitrogen and oxygen atoms in total. The van der Waals surface area contributed by atoms with Crippen LogP contribution in [-0.4, -0.2) is 65.0 Å². The Morgan fingerprint density at radius 3 is 2.48 bits per heavy atom. The normalized spacial score (nSPS) is 16.6. The van der Waals surface area contributed by atoms with E-state index in [4.69, 9.17) is 5.11 Å². The molecule has 1 heterocycles. The number of amides is 1. The minimum Gasteiger partial charge on any atom is -0.480 e. The van der Waals surface area contributed by atoms with Gasteiger partial charge in [0.1, 0.15) is 11.6 Å². The Morgan fingerprint density at radius 1 is 1.33 bits per heavy atom. The molecular weight excluding hydrogens is 380 g/mol. The number of hydrogen-bond acceptors (Lipinski definition) is 4. The van der Waals surface area contributed by atoms with Crippen LogP contribution in [0.2, 0.25) is 0 Å². The van der Waals surface area contributed by atoms with Gasteiger partial charge in [-0.2, -0.15) is 0 Å². The largest absolute Gasteiger partial charge is 0.480 e. The number of rotatable bonds is 7. The highest BCUT2D eigenvalue weighted by molar-refractivity contribution is 5.94. The molecule has 27 heavy (non-hydrogen) atoms. The van der Waals surface area contributed by atoms with E-state index in [0.29, 0.717) is 19.6 Å². The average molecular weight is 406 g/mol. The highest BCUT2D eigenvalue weighted by atomic mass is 35.5. The number of piperidine rings is 1. The smallest absolute Gasteiger partial charge is 0.317 e. The summed E-state index contributed by atoms with van der Waals surface area (Å²) in [6, 6.07) is 2.74. The maximum absolute atomic E-state index is 13.7. The standard InChI is InChI=1S/C18H25F2N3O3.ClH/c1-3-22(11-17(24)25)14-6-8-23(9-7-14)12(2)18(26)21-16-5-4-13(19)10-15(16)20;/h4-5,10,12,14H,3,6-9,11H2,1-2H3,(H,21,26)(H,24,25);1H. The summed E-state index contributed by atoms with van der Waals surface area (Å²) in [5.74, 6) is -2.70. The van der Waals surface area contributed by atoms with Gasteiger partial charge in [0.25, 0.3) is 0 Å². The van der Waals surface area contributed by atoms with Gasteiger partial charge in [0.05, 0.1) is 18.3 Å². The first-order chi connectivity index (χ1) is 12.3. The molecule has 1 aromatic carbocycles. The summed E-state index contributed by atoms with van der Waals surface area (Å²) < 4.78 is 26.6. The van der Waals surface area contributed by atoms with Crippen LogP contribution < -0.4 is 5.32 Å². The van der Waals surface area contributed by atoms with E-state index < -0.39 is 23.6 Å². The van der Waals surface area contributed by atoms with Gasteiger partial charge in [0, 0.05) is 25.2 Å². The third-order valence-electron chi connectivity index (χ3n) is 4.88. The van der Waals surface area contributed by atoms with Crippen molar-refractivity contribution in [1.82, 2.24) is 9.80 Å². The van der Waals surface area contributed by atoms with Crippen molar-refractivity contribution in [3.8, 4) is 0 Å². The first kappa shape index (κ1) is 23.3. The molecule has 1 atom stereocenters. The van der Waals surface area contributed by atoms with E-state index in [9.17, 15) is 18.4 Å². The molecule has 0 aliphatic carbocycles. The summed E-state index contributed by atoms with van der Waals surface area (Å²) in [5.41, 5.74) is -0.0447. The second-order valence-electron chi connectivity index (χ2n) is 6.51. The van der Waals surface area contributed by atoms with E-state index in [-0.39, 0.29) is 36.6 Å². The number of carbonyl (C=O) groups excluding carboxylic acids is 1. The van der Waals surface area contributed by atoms with Crippen LogP contribution >= 0.6 is 12.4 Å². The molecule has 152 valence electrons. The molecule has 0 aromatic heterocycles. The summed E-state index contributed by atoms with van der Waals surface area (Å²) in [7, 11) is 0. The van der Waals surface area contributed by atoms with Crippen LogP contribution in [-0.2, 0) is 9.59 Å². The van der Waals surface area contributed by atoms with Gasteiger partial charge in [-0.25, -0.2) is 8.78 Å². The molecule has 1 aliphatic heterocycles. The Hall–Kier alpha value is -1.77. The fourth-order valence-corrected chi connectivity index (χ4v) is 3.30. The van der Waals surface area contributed by atoms with E-state index >= 15 is 0 Å². The van der Waals surface area contributed by atoms with Crippen molar-refractivity contribution in [3.63, 3.8) is 0 Å². The molecule has 1 amide bonds. The number of carboxylic acid groups (broad SMARTS) is 1. The van der Waals surface area contributed by atoms with Crippen LogP contribution in [0.5, 0.6) is 0 Å². The zero-order valence-electron chi connectivity index (χ0n) is 15.5. The SMILES string of the molecule is CCN(CC(=O)O)C1CCN(C(C)C(=O)Nc2ccc(F)cc2F)CC1.Cl. The molecule has 9 heteroatoms. The Labute approximate surface area is 163 Å². The van der Waals surface area contributed by atoms with Crippen molar-refractivity contribution < 1.29 is 23.5 Å². The molecule has 0 spiro atoms. The van der Waals surface area contributed by atoms with Crippen molar-refractivity contribution in [3.05, 3.63) is 29.8 Å². The maximum atomic E-state index is 13.7. The Bertz CT molecular complexity index is 655. The van der Waals surface area contributed by atoms with Crippen LogP contribution in [0.4, 0.5) is 14.5 Å². The predicted octanol–water partition coefficient (Wildman–Crippen LogP) is 2.58.